The van der Waals surface area contributed by atoms with Crippen molar-refractivity contribution in [1.29, 1.82) is 0 Å². The maximum Gasteiger partial charge on any atom is 0.184 e. The van der Waals surface area contributed by atoms with Crippen LogP contribution in [0.5, 0.6) is 0 Å². The van der Waals surface area contributed by atoms with E-state index in [1.807, 2.05) is 12.1 Å². The number of rotatable bonds is 6. The molecule has 1 aliphatic carbocycles. The highest BCUT2D eigenvalue weighted by Crippen LogP contribution is 2.66. The van der Waals surface area contributed by atoms with Crippen LogP contribution in [0.3, 0.4) is 0 Å². The molecule has 1 saturated carbocycles. The molecule has 1 N–H and O–H groups in total. The molecule has 2 heterocycles. The van der Waals surface area contributed by atoms with E-state index in [0.717, 1.165) is 12.8 Å². The van der Waals surface area contributed by atoms with E-state index in [1.54, 1.807) is 11.3 Å². The number of thiophene rings is 1. The lowest BCUT2D eigenvalue weighted by molar-refractivity contribution is -0.197. The molecule has 1 aromatic rings. The molecular weight excluding hydrogens is 349 g/mol. The molecule has 1 aromatic heterocycles. The first-order valence-corrected chi connectivity index (χ1v) is 12.0. The van der Waals surface area contributed by atoms with Crippen molar-refractivity contribution in [3.8, 4) is 0 Å². The van der Waals surface area contributed by atoms with Gasteiger partial charge in [0.25, 0.3) is 0 Å². The van der Waals surface area contributed by atoms with Crippen LogP contribution in [0.25, 0.3) is 0 Å². The topological polar surface area (TPSA) is 41.6 Å². The first-order valence-electron chi connectivity index (χ1n) is 9.51. The summed E-state index contributed by atoms with van der Waals surface area (Å²) in [5.74, 6) is 0. The molecule has 0 spiro atoms. The van der Waals surface area contributed by atoms with Gasteiger partial charge in [-0.25, -0.2) is 0 Å². The Balaban J connectivity index is 1.99. The van der Waals surface area contributed by atoms with Crippen LogP contribution in [0.1, 0.15) is 64.3 Å². The number of nitrogens with one attached hydrogen (secondary N) is 1. The van der Waals surface area contributed by atoms with E-state index in [-0.39, 0.29) is 18.1 Å². The van der Waals surface area contributed by atoms with Crippen LogP contribution in [0, 0.1) is 0 Å². The Kier molecular flexibility index (Phi) is 6.04. The van der Waals surface area contributed by atoms with Crippen LogP contribution in [-0.4, -0.2) is 33.5 Å². The van der Waals surface area contributed by atoms with Crippen LogP contribution in [0.4, 0.5) is 0 Å². The molecule has 0 aromatic carbocycles. The van der Waals surface area contributed by atoms with Crippen LogP contribution in [-0.2, 0) is 0 Å². The normalized spacial score (nSPS) is 28.4. The van der Waals surface area contributed by atoms with E-state index in [1.165, 1.54) is 17.7 Å². The average Bonchev–Trinajstić information content (AvgIpc) is 3.15. The van der Waals surface area contributed by atoms with Crippen molar-refractivity contribution in [2.75, 3.05) is 0 Å². The highest BCUT2D eigenvalue weighted by atomic mass is 32.1. The minimum absolute atomic E-state index is 0.0755. The zero-order chi connectivity index (χ0) is 18.2. The Morgan fingerprint density at radius 2 is 1.76 bits per heavy atom. The Morgan fingerprint density at radius 1 is 1.20 bits per heavy atom. The molecule has 2 fully saturated rings. The largest absolute Gasteiger partial charge is 0.636 e. The fourth-order valence-corrected chi connectivity index (χ4v) is 9.20. The molecule has 1 saturated heterocycles. The van der Waals surface area contributed by atoms with Gasteiger partial charge in [0, 0.05) is 17.0 Å². The second kappa shape index (κ2) is 7.75. The zero-order valence-corrected chi connectivity index (χ0v) is 17.6. The van der Waals surface area contributed by atoms with E-state index in [2.05, 4.69) is 60.1 Å². The predicted molar refractivity (Wildman–Crippen MR) is 107 cm³/mol. The summed E-state index contributed by atoms with van der Waals surface area (Å²) in [6.07, 6.45) is 6.67. The first kappa shape index (κ1) is 19.5. The van der Waals surface area contributed by atoms with Crippen molar-refractivity contribution < 1.29 is 4.89 Å². The molecule has 6 heteroatoms. The molecule has 0 unspecified atom stereocenters. The van der Waals surface area contributed by atoms with Crippen molar-refractivity contribution in [1.82, 2.24) is 14.4 Å². The molecule has 140 valence electrons. The Hall–Kier alpha value is -0.290. The quantitative estimate of drug-likeness (QED) is 0.588. The highest BCUT2D eigenvalue weighted by molar-refractivity contribution is 7.62. The average molecular weight is 382 g/mol. The van der Waals surface area contributed by atoms with Crippen LogP contribution >= 0.6 is 19.3 Å². The van der Waals surface area contributed by atoms with Crippen molar-refractivity contribution in [3.63, 3.8) is 0 Å². The first-order chi connectivity index (χ1) is 11.9. The third kappa shape index (κ3) is 3.47. The lowest BCUT2D eigenvalue weighted by Gasteiger charge is -2.44. The van der Waals surface area contributed by atoms with Gasteiger partial charge in [-0.1, -0.05) is 25.0 Å². The number of fused-ring (bicyclic) bond motifs is 1. The molecule has 2 aliphatic rings. The third-order valence-corrected chi connectivity index (χ3v) is 9.79. The van der Waals surface area contributed by atoms with Gasteiger partial charge in [0.05, 0.1) is 18.1 Å². The number of hydrogen-bond acceptors (Lipinski definition) is 5. The maximum absolute atomic E-state index is 14.5. The highest BCUT2D eigenvalue weighted by Gasteiger charge is 2.61. The fourth-order valence-electron chi connectivity index (χ4n) is 4.64. The molecule has 4 nitrogen and oxygen atoms in total. The molecule has 0 amide bonds. The predicted octanol–water partition coefficient (Wildman–Crippen LogP) is 4.35. The van der Waals surface area contributed by atoms with E-state index in [9.17, 15) is 4.89 Å². The Labute approximate surface area is 157 Å². The summed E-state index contributed by atoms with van der Waals surface area (Å²) in [6, 6.07) is 5.35. The van der Waals surface area contributed by atoms with Gasteiger partial charge in [0.1, 0.15) is 0 Å². The van der Waals surface area contributed by atoms with Gasteiger partial charge in [-0.15, -0.1) is 27.3 Å². The van der Waals surface area contributed by atoms with Gasteiger partial charge < -0.3 is 4.89 Å². The van der Waals surface area contributed by atoms with Gasteiger partial charge in [-0.3, -0.25) is 0 Å². The van der Waals surface area contributed by atoms with E-state index in [4.69, 9.17) is 0 Å². The maximum atomic E-state index is 14.5. The van der Waals surface area contributed by atoms with Gasteiger partial charge in [0.2, 0.25) is 0 Å². The van der Waals surface area contributed by atoms with Crippen molar-refractivity contribution >= 4 is 19.3 Å². The fraction of sp³-hybridized carbons (Fsp3) is 0.684. The van der Waals surface area contributed by atoms with Crippen molar-refractivity contribution in [2.45, 2.75) is 83.6 Å². The van der Waals surface area contributed by atoms with E-state index >= 15 is 0 Å². The van der Waals surface area contributed by atoms with E-state index in [0.29, 0.717) is 12.1 Å². The molecule has 3 atom stereocenters. The van der Waals surface area contributed by atoms with E-state index < -0.39 is 7.94 Å². The summed E-state index contributed by atoms with van der Waals surface area (Å²) in [5, 5.41) is 5.63. The van der Waals surface area contributed by atoms with Crippen LogP contribution in [0.15, 0.2) is 30.2 Å². The number of nitrogens with zero attached hydrogens (tertiary/aromatic N) is 2. The lowest BCUT2D eigenvalue weighted by atomic mass is 9.89. The Bertz CT molecular complexity index is 553. The molecule has 3 rings (SSSR count). The van der Waals surface area contributed by atoms with Gasteiger partial charge in [0.15, 0.2) is 7.94 Å². The summed E-state index contributed by atoms with van der Waals surface area (Å²) in [5.41, 5.74) is 0. The van der Waals surface area contributed by atoms with Gasteiger partial charge >= 0.3 is 0 Å². The van der Waals surface area contributed by atoms with Gasteiger partial charge in [-0.05, 0) is 52.0 Å². The smallest absolute Gasteiger partial charge is 0.184 e. The number of hydrogen-bond donors (Lipinski definition) is 1. The van der Waals surface area contributed by atoms with Crippen LogP contribution in [0.2, 0.25) is 0 Å². The summed E-state index contributed by atoms with van der Waals surface area (Å²) < 4.78 is 4.61. The molecule has 0 radical (unpaired) electrons. The standard InChI is InChI=1S/C19H32N3OPS/c1-6-16(19-12-9-13-25-19)20-24(23)21(14(2)3)17-10-7-8-11-18(17)22(24)15(4)5/h6,9,12-18H,1,7-8,10-11H2,2-5H3,(H,20,23)/t16-,17-,18-/m1/s1. The molecular formula is C19H32N3OPS. The minimum Gasteiger partial charge on any atom is -0.636 e. The second-order valence-corrected chi connectivity index (χ2v) is 11.0. The molecule has 1 aliphatic heterocycles. The second-order valence-electron chi connectivity index (χ2n) is 7.77. The third-order valence-electron chi connectivity index (χ3n) is 5.45. The monoisotopic (exact) mass is 381 g/mol. The lowest BCUT2D eigenvalue weighted by Crippen LogP contribution is -2.48. The SMILES string of the molecule is C=C[C@@H](N[P+]1([O-])N(C(C)C)[C@@H]2CCCC[C@H]2N1C(C)C)c1cccs1. The minimum atomic E-state index is -2.87. The Morgan fingerprint density at radius 3 is 2.16 bits per heavy atom. The van der Waals surface area contributed by atoms with Crippen molar-refractivity contribution in [3.05, 3.63) is 35.0 Å². The van der Waals surface area contributed by atoms with Crippen LogP contribution < -0.4 is 9.98 Å². The summed E-state index contributed by atoms with van der Waals surface area (Å²) in [7, 11) is -2.87. The van der Waals surface area contributed by atoms with Gasteiger partial charge in [-0.2, -0.15) is 5.09 Å². The summed E-state index contributed by atoms with van der Waals surface area (Å²) in [6.45, 7) is 12.7. The molecule has 25 heavy (non-hydrogen) atoms. The zero-order valence-electron chi connectivity index (χ0n) is 15.9. The molecule has 0 bridgehead atoms. The summed E-state index contributed by atoms with van der Waals surface area (Å²) >= 11 is 1.69. The summed E-state index contributed by atoms with van der Waals surface area (Å²) in [4.78, 5) is 15.7. The van der Waals surface area contributed by atoms with Crippen molar-refractivity contribution in [2.24, 2.45) is 0 Å².